The van der Waals surface area contributed by atoms with Gasteiger partial charge in [0.25, 0.3) is 0 Å². The first-order valence-corrected chi connectivity index (χ1v) is 11.2. The number of benzene rings is 1. The van der Waals surface area contributed by atoms with Gasteiger partial charge in [-0.1, -0.05) is 43.5 Å². The summed E-state index contributed by atoms with van der Waals surface area (Å²) in [6, 6.07) is 8.02. The van der Waals surface area contributed by atoms with E-state index < -0.39 is 0 Å². The normalized spacial score (nSPS) is 16.1. The minimum absolute atomic E-state index is 0.0704. The maximum absolute atomic E-state index is 12.7. The highest BCUT2D eigenvalue weighted by Crippen LogP contribution is 2.28. The first-order valence-electron chi connectivity index (χ1n) is 10.3. The van der Waals surface area contributed by atoms with Crippen LogP contribution in [0, 0.1) is 0 Å². The van der Waals surface area contributed by atoms with Gasteiger partial charge in [0.2, 0.25) is 5.91 Å². The largest absolute Gasteiger partial charge is 0.497 e. The fourth-order valence-electron chi connectivity index (χ4n) is 3.58. The molecule has 3 rings (SSSR count). The molecule has 7 heteroatoms. The summed E-state index contributed by atoms with van der Waals surface area (Å²) in [6.07, 6.45) is 8.92. The Morgan fingerprint density at radius 3 is 2.59 bits per heavy atom. The molecule has 0 saturated heterocycles. The zero-order valence-electron chi connectivity index (χ0n) is 17.3. The van der Waals surface area contributed by atoms with Gasteiger partial charge >= 0.3 is 0 Å². The predicted molar refractivity (Wildman–Crippen MR) is 117 cm³/mol. The number of nitrogens with one attached hydrogen (secondary N) is 1. The molecule has 29 heavy (non-hydrogen) atoms. The van der Waals surface area contributed by atoms with Crippen LogP contribution in [0.4, 0.5) is 0 Å². The number of hydrogen-bond acceptors (Lipinski definition) is 5. The van der Waals surface area contributed by atoms with Crippen molar-refractivity contribution >= 4 is 17.7 Å². The molecule has 1 atom stereocenters. The number of nitrogens with zero attached hydrogens (tertiary/aromatic N) is 3. The molecule has 1 aliphatic carbocycles. The lowest BCUT2D eigenvalue weighted by molar-refractivity contribution is -0.121. The van der Waals surface area contributed by atoms with E-state index in [2.05, 4.69) is 22.1 Å². The molecule has 1 saturated carbocycles. The number of thioether (sulfide) groups is 1. The van der Waals surface area contributed by atoms with Crippen molar-refractivity contribution in [2.24, 2.45) is 0 Å². The second-order valence-corrected chi connectivity index (χ2v) is 8.70. The van der Waals surface area contributed by atoms with E-state index in [0.29, 0.717) is 12.6 Å². The standard InChI is InChI=1S/C22H30N4O2S/c1-4-15-26-20(17-11-13-19(28-3)14-12-17)24-25-22(26)29-16(2)21(27)23-18-9-7-5-6-8-10-18/h4,11-14,16,18H,1,5-10,15H2,2-3H3,(H,23,27)/t16-/m1/s1. The molecule has 0 aliphatic heterocycles. The molecule has 1 aliphatic rings. The number of methoxy groups -OCH3 is 1. The van der Waals surface area contributed by atoms with Gasteiger partial charge in [-0.15, -0.1) is 16.8 Å². The van der Waals surface area contributed by atoms with Crippen molar-refractivity contribution in [3.05, 3.63) is 36.9 Å². The van der Waals surface area contributed by atoms with Crippen molar-refractivity contribution in [3.8, 4) is 17.1 Å². The molecule has 1 amide bonds. The van der Waals surface area contributed by atoms with E-state index >= 15 is 0 Å². The van der Waals surface area contributed by atoms with Crippen LogP contribution in [0.25, 0.3) is 11.4 Å². The van der Waals surface area contributed by atoms with Crippen LogP contribution in [0.1, 0.15) is 45.4 Å². The summed E-state index contributed by atoms with van der Waals surface area (Å²) in [4.78, 5) is 12.7. The van der Waals surface area contributed by atoms with Gasteiger partial charge in [-0.25, -0.2) is 0 Å². The van der Waals surface area contributed by atoms with Crippen molar-refractivity contribution in [2.75, 3.05) is 7.11 Å². The Bertz CT molecular complexity index is 811. The highest BCUT2D eigenvalue weighted by molar-refractivity contribution is 8.00. The average molecular weight is 415 g/mol. The SMILES string of the molecule is C=CCn1c(S[C@H](C)C(=O)NC2CCCCCC2)nnc1-c1ccc(OC)cc1. The maximum atomic E-state index is 12.7. The number of allylic oxidation sites excluding steroid dienone is 1. The molecule has 156 valence electrons. The summed E-state index contributed by atoms with van der Waals surface area (Å²) in [7, 11) is 1.64. The minimum Gasteiger partial charge on any atom is -0.497 e. The van der Waals surface area contributed by atoms with E-state index in [0.717, 1.165) is 35.1 Å². The highest BCUT2D eigenvalue weighted by Gasteiger charge is 2.23. The lowest BCUT2D eigenvalue weighted by Crippen LogP contribution is -2.39. The summed E-state index contributed by atoms with van der Waals surface area (Å²) in [5.41, 5.74) is 0.947. The molecule has 1 N–H and O–H groups in total. The van der Waals surface area contributed by atoms with Crippen molar-refractivity contribution in [1.82, 2.24) is 20.1 Å². The number of hydrogen-bond donors (Lipinski definition) is 1. The number of ether oxygens (including phenoxy) is 1. The van der Waals surface area contributed by atoms with Gasteiger partial charge in [0.1, 0.15) is 5.75 Å². The Morgan fingerprint density at radius 1 is 1.28 bits per heavy atom. The van der Waals surface area contributed by atoms with Crippen LogP contribution in [0.5, 0.6) is 5.75 Å². The minimum atomic E-state index is -0.241. The van der Waals surface area contributed by atoms with Crippen molar-refractivity contribution in [1.29, 1.82) is 0 Å². The highest BCUT2D eigenvalue weighted by atomic mass is 32.2. The van der Waals surface area contributed by atoms with Crippen LogP contribution in [-0.2, 0) is 11.3 Å². The average Bonchev–Trinajstić information content (AvgIpc) is 2.94. The van der Waals surface area contributed by atoms with Gasteiger partial charge in [0, 0.05) is 18.2 Å². The molecule has 0 unspecified atom stereocenters. The molecule has 0 radical (unpaired) electrons. The van der Waals surface area contributed by atoms with Crippen LogP contribution in [0.2, 0.25) is 0 Å². The number of carbonyl (C=O) groups is 1. The van der Waals surface area contributed by atoms with E-state index in [1.807, 2.05) is 41.8 Å². The smallest absolute Gasteiger partial charge is 0.233 e. The topological polar surface area (TPSA) is 69.0 Å². The molecule has 6 nitrogen and oxygen atoms in total. The van der Waals surface area contributed by atoms with E-state index in [4.69, 9.17) is 4.74 Å². The van der Waals surface area contributed by atoms with Crippen LogP contribution < -0.4 is 10.1 Å². The Kier molecular flexibility index (Phi) is 7.75. The fourth-order valence-corrected chi connectivity index (χ4v) is 4.44. The van der Waals surface area contributed by atoms with Crippen LogP contribution >= 0.6 is 11.8 Å². The molecular formula is C22H30N4O2S. The number of aromatic nitrogens is 3. The van der Waals surface area contributed by atoms with Gasteiger partial charge in [0.05, 0.1) is 12.4 Å². The van der Waals surface area contributed by atoms with Crippen molar-refractivity contribution in [2.45, 2.75) is 68.4 Å². The quantitative estimate of drug-likeness (QED) is 0.392. The lowest BCUT2D eigenvalue weighted by atomic mass is 10.1. The Morgan fingerprint density at radius 2 is 1.97 bits per heavy atom. The monoisotopic (exact) mass is 414 g/mol. The Balaban J connectivity index is 1.71. The van der Waals surface area contributed by atoms with E-state index in [1.165, 1.54) is 37.4 Å². The van der Waals surface area contributed by atoms with Gasteiger partial charge in [-0.2, -0.15) is 0 Å². The molecule has 1 aromatic heterocycles. The molecular weight excluding hydrogens is 384 g/mol. The maximum Gasteiger partial charge on any atom is 0.233 e. The summed E-state index contributed by atoms with van der Waals surface area (Å²) in [5, 5.41) is 12.4. The van der Waals surface area contributed by atoms with Gasteiger partial charge in [-0.05, 0) is 44.0 Å². The third kappa shape index (κ3) is 5.63. The molecule has 2 aromatic rings. The first-order chi connectivity index (χ1) is 14.1. The number of amides is 1. The second-order valence-electron chi connectivity index (χ2n) is 7.39. The second kappa shape index (κ2) is 10.5. The lowest BCUT2D eigenvalue weighted by Gasteiger charge is -2.19. The molecule has 0 bridgehead atoms. The van der Waals surface area contributed by atoms with Crippen molar-refractivity contribution < 1.29 is 9.53 Å². The Labute approximate surface area is 177 Å². The number of carbonyl (C=O) groups excluding carboxylic acids is 1. The molecule has 1 fully saturated rings. The summed E-state index contributed by atoms with van der Waals surface area (Å²) < 4.78 is 7.22. The third-order valence-corrected chi connectivity index (χ3v) is 6.31. The van der Waals surface area contributed by atoms with Gasteiger partial charge in [0.15, 0.2) is 11.0 Å². The summed E-state index contributed by atoms with van der Waals surface area (Å²) in [6.45, 7) is 6.36. The van der Waals surface area contributed by atoms with Gasteiger partial charge < -0.3 is 10.1 Å². The molecule has 1 aromatic carbocycles. The van der Waals surface area contributed by atoms with E-state index in [-0.39, 0.29) is 11.2 Å². The molecule has 0 spiro atoms. The Hall–Kier alpha value is -2.28. The number of rotatable bonds is 8. The van der Waals surface area contributed by atoms with Gasteiger partial charge in [-0.3, -0.25) is 9.36 Å². The third-order valence-electron chi connectivity index (χ3n) is 5.23. The van der Waals surface area contributed by atoms with Crippen molar-refractivity contribution in [3.63, 3.8) is 0 Å². The van der Waals surface area contributed by atoms with Crippen LogP contribution in [0.15, 0.2) is 42.1 Å². The first kappa shape index (κ1) is 21.4. The van der Waals surface area contributed by atoms with E-state index in [9.17, 15) is 4.79 Å². The van der Waals surface area contributed by atoms with E-state index in [1.54, 1.807) is 7.11 Å². The predicted octanol–water partition coefficient (Wildman–Crippen LogP) is 4.46. The van der Waals surface area contributed by atoms with Crippen LogP contribution in [0.3, 0.4) is 0 Å². The zero-order chi connectivity index (χ0) is 20.6. The van der Waals surface area contributed by atoms with Crippen LogP contribution in [-0.4, -0.2) is 39.1 Å². The molecule has 1 heterocycles. The fraction of sp³-hybridized carbons (Fsp3) is 0.500. The summed E-state index contributed by atoms with van der Waals surface area (Å²) >= 11 is 1.44. The zero-order valence-corrected chi connectivity index (χ0v) is 18.1. The summed E-state index contributed by atoms with van der Waals surface area (Å²) in [5.74, 6) is 1.62.